The van der Waals surface area contributed by atoms with Crippen molar-refractivity contribution in [2.75, 3.05) is 47.0 Å². The van der Waals surface area contributed by atoms with Gasteiger partial charge in [0.15, 0.2) is 29.3 Å². The second kappa shape index (κ2) is 9.23. The Morgan fingerprint density at radius 3 is 1.97 bits per heavy atom. The number of hydrogen-bond acceptors (Lipinski definition) is 7. The van der Waals surface area contributed by atoms with Gasteiger partial charge in [0.2, 0.25) is 5.91 Å². The molecule has 1 aliphatic rings. The number of amides is 1. The Kier molecular flexibility index (Phi) is 6.69. The predicted molar refractivity (Wildman–Crippen MR) is 110 cm³/mol. The first-order valence-corrected chi connectivity index (χ1v) is 9.42. The van der Waals surface area contributed by atoms with Crippen LogP contribution in [0.1, 0.15) is 18.8 Å². The van der Waals surface area contributed by atoms with Crippen LogP contribution in [0.25, 0.3) is 0 Å². The van der Waals surface area contributed by atoms with E-state index >= 15 is 0 Å². The summed E-state index contributed by atoms with van der Waals surface area (Å²) in [5, 5.41) is 2.90. The van der Waals surface area contributed by atoms with Crippen molar-refractivity contribution in [3.05, 3.63) is 42.0 Å². The van der Waals surface area contributed by atoms with Crippen molar-refractivity contribution in [3.63, 3.8) is 0 Å². The number of anilines is 1. The highest BCUT2D eigenvalue weighted by Gasteiger charge is 2.40. The number of rotatable bonds is 7. The molecule has 0 unspecified atom stereocenters. The average molecular weight is 417 g/mol. The van der Waals surface area contributed by atoms with E-state index in [1.165, 1.54) is 0 Å². The highest BCUT2D eigenvalue weighted by Crippen LogP contribution is 2.37. The topological polar surface area (TPSA) is 84.5 Å². The van der Waals surface area contributed by atoms with Crippen LogP contribution in [0.4, 0.5) is 5.69 Å². The Morgan fingerprint density at radius 1 is 0.867 bits per heavy atom. The van der Waals surface area contributed by atoms with Crippen molar-refractivity contribution in [1.82, 2.24) is 0 Å². The summed E-state index contributed by atoms with van der Waals surface area (Å²) >= 11 is 0. The lowest BCUT2D eigenvalue weighted by Gasteiger charge is -2.36. The van der Waals surface area contributed by atoms with Gasteiger partial charge in [0.1, 0.15) is 0 Å². The highest BCUT2D eigenvalue weighted by atomic mass is 16.7. The van der Waals surface area contributed by atoms with E-state index < -0.39 is 11.7 Å². The molecule has 0 bridgehead atoms. The van der Waals surface area contributed by atoms with Gasteiger partial charge >= 0.3 is 0 Å². The van der Waals surface area contributed by atoms with E-state index in [4.69, 9.17) is 28.4 Å². The summed E-state index contributed by atoms with van der Waals surface area (Å²) in [6.07, 6.45) is -0.591. The minimum Gasteiger partial charge on any atom is -0.493 e. The molecule has 162 valence electrons. The quantitative estimate of drug-likeness (QED) is 0.739. The molecule has 8 nitrogen and oxygen atoms in total. The SMILES string of the molecule is COc1ccc(NC(=O)C2(C)COC(c3ccc(OC)c(OC)c3)OC2)cc1OC. The maximum atomic E-state index is 12.9. The van der Waals surface area contributed by atoms with E-state index in [9.17, 15) is 4.79 Å². The smallest absolute Gasteiger partial charge is 0.235 e. The average Bonchev–Trinajstić information content (AvgIpc) is 2.78. The first kappa shape index (κ1) is 21.7. The molecule has 0 aromatic heterocycles. The van der Waals surface area contributed by atoms with Crippen LogP contribution in [0.3, 0.4) is 0 Å². The van der Waals surface area contributed by atoms with Crippen molar-refractivity contribution in [1.29, 1.82) is 0 Å². The van der Waals surface area contributed by atoms with Gasteiger partial charge in [-0.05, 0) is 31.2 Å². The van der Waals surface area contributed by atoms with Crippen LogP contribution in [-0.4, -0.2) is 47.6 Å². The summed E-state index contributed by atoms with van der Waals surface area (Å²) < 4.78 is 32.8. The van der Waals surface area contributed by atoms with E-state index in [0.29, 0.717) is 28.7 Å². The van der Waals surface area contributed by atoms with Gasteiger partial charge in [0.25, 0.3) is 0 Å². The van der Waals surface area contributed by atoms with E-state index in [2.05, 4.69) is 5.32 Å². The summed E-state index contributed by atoms with van der Waals surface area (Å²) in [6.45, 7) is 2.20. The fraction of sp³-hybridized carbons (Fsp3) is 0.409. The van der Waals surface area contributed by atoms with Gasteiger partial charge in [-0.1, -0.05) is 6.07 Å². The van der Waals surface area contributed by atoms with Crippen LogP contribution in [-0.2, 0) is 14.3 Å². The molecule has 1 heterocycles. The summed E-state index contributed by atoms with van der Waals surface area (Å²) in [5.74, 6) is 2.12. The molecular weight excluding hydrogens is 390 g/mol. The first-order valence-electron chi connectivity index (χ1n) is 9.42. The zero-order chi connectivity index (χ0) is 21.7. The maximum absolute atomic E-state index is 12.9. The van der Waals surface area contributed by atoms with Gasteiger partial charge in [0, 0.05) is 17.3 Å². The van der Waals surface area contributed by atoms with Crippen LogP contribution < -0.4 is 24.3 Å². The van der Waals surface area contributed by atoms with Crippen molar-refractivity contribution >= 4 is 11.6 Å². The standard InChI is InChI=1S/C22H27NO7/c1-22(21(24)23-15-7-9-17(26-3)19(11-15)28-5)12-29-20(30-13-22)14-6-8-16(25-2)18(10-14)27-4/h6-11,20H,12-13H2,1-5H3,(H,23,24). The molecule has 8 heteroatoms. The van der Waals surface area contributed by atoms with Gasteiger partial charge < -0.3 is 33.7 Å². The monoisotopic (exact) mass is 417 g/mol. The lowest BCUT2D eigenvalue weighted by molar-refractivity contribution is -0.226. The fourth-order valence-electron chi connectivity index (χ4n) is 3.13. The van der Waals surface area contributed by atoms with Crippen LogP contribution in [0.2, 0.25) is 0 Å². The molecule has 1 amide bonds. The number of nitrogens with one attached hydrogen (secondary N) is 1. The molecule has 0 spiro atoms. The van der Waals surface area contributed by atoms with Crippen molar-refractivity contribution < 1.29 is 33.2 Å². The van der Waals surface area contributed by atoms with Gasteiger partial charge in [0.05, 0.1) is 47.1 Å². The van der Waals surface area contributed by atoms with Gasteiger partial charge in [-0.2, -0.15) is 0 Å². The Morgan fingerprint density at radius 2 is 1.40 bits per heavy atom. The molecular formula is C22H27NO7. The molecule has 0 aliphatic carbocycles. The lowest BCUT2D eigenvalue weighted by atomic mass is 9.90. The molecule has 30 heavy (non-hydrogen) atoms. The lowest BCUT2D eigenvalue weighted by Crippen LogP contribution is -2.45. The molecule has 2 aromatic rings. The normalized spacial score (nSPS) is 20.9. The summed E-state index contributed by atoms with van der Waals surface area (Å²) in [7, 11) is 6.25. The third-order valence-corrected chi connectivity index (χ3v) is 4.98. The second-order valence-corrected chi connectivity index (χ2v) is 7.15. The third-order valence-electron chi connectivity index (χ3n) is 4.98. The fourth-order valence-corrected chi connectivity index (χ4v) is 3.13. The van der Waals surface area contributed by atoms with E-state index in [-0.39, 0.29) is 19.1 Å². The number of benzene rings is 2. The summed E-state index contributed by atoms with van der Waals surface area (Å²) in [5.41, 5.74) is 0.538. The Hall–Kier alpha value is -2.97. The van der Waals surface area contributed by atoms with Crippen LogP contribution in [0.15, 0.2) is 36.4 Å². The van der Waals surface area contributed by atoms with Gasteiger partial charge in [-0.25, -0.2) is 0 Å². The first-order chi connectivity index (χ1) is 14.4. The van der Waals surface area contributed by atoms with Crippen LogP contribution in [0.5, 0.6) is 23.0 Å². The molecule has 1 N–H and O–H groups in total. The maximum Gasteiger partial charge on any atom is 0.235 e. The molecule has 1 fully saturated rings. The van der Waals surface area contributed by atoms with Crippen LogP contribution in [0, 0.1) is 5.41 Å². The molecule has 1 saturated heterocycles. The minimum atomic E-state index is -0.847. The zero-order valence-electron chi connectivity index (χ0n) is 17.8. The van der Waals surface area contributed by atoms with Gasteiger partial charge in [-0.3, -0.25) is 4.79 Å². The predicted octanol–water partition coefficient (Wildman–Crippen LogP) is 3.41. The van der Waals surface area contributed by atoms with Crippen molar-refractivity contribution in [2.24, 2.45) is 5.41 Å². The number of ether oxygens (including phenoxy) is 6. The second-order valence-electron chi connectivity index (χ2n) is 7.15. The Balaban J connectivity index is 1.66. The Labute approximate surface area is 176 Å². The number of carbonyl (C=O) groups is 1. The largest absolute Gasteiger partial charge is 0.493 e. The molecule has 3 rings (SSSR count). The van der Waals surface area contributed by atoms with Crippen LogP contribution >= 0.6 is 0 Å². The number of hydrogen-bond donors (Lipinski definition) is 1. The molecule has 0 saturated carbocycles. The molecule has 0 atom stereocenters. The third kappa shape index (κ3) is 4.44. The molecule has 0 radical (unpaired) electrons. The van der Waals surface area contributed by atoms with Crippen molar-refractivity contribution in [2.45, 2.75) is 13.2 Å². The zero-order valence-corrected chi connectivity index (χ0v) is 17.8. The Bertz CT molecular complexity index is 891. The van der Waals surface area contributed by atoms with E-state index in [0.717, 1.165) is 5.56 Å². The van der Waals surface area contributed by atoms with E-state index in [1.807, 2.05) is 6.07 Å². The van der Waals surface area contributed by atoms with E-state index in [1.54, 1.807) is 65.7 Å². The molecule has 2 aromatic carbocycles. The molecule has 1 aliphatic heterocycles. The minimum absolute atomic E-state index is 0.200. The highest BCUT2D eigenvalue weighted by molar-refractivity contribution is 5.95. The summed E-state index contributed by atoms with van der Waals surface area (Å²) in [6, 6.07) is 10.6. The van der Waals surface area contributed by atoms with Gasteiger partial charge in [-0.15, -0.1) is 0 Å². The number of carbonyl (C=O) groups excluding carboxylic acids is 1. The number of methoxy groups -OCH3 is 4. The van der Waals surface area contributed by atoms with Crippen molar-refractivity contribution in [3.8, 4) is 23.0 Å². The summed E-state index contributed by atoms with van der Waals surface area (Å²) in [4.78, 5) is 12.9.